The zero-order valence-corrected chi connectivity index (χ0v) is 7.97. The molecule has 0 saturated carbocycles. The van der Waals surface area contributed by atoms with Crippen molar-refractivity contribution in [2.45, 2.75) is 25.8 Å². The molecule has 0 spiro atoms. The summed E-state index contributed by atoms with van der Waals surface area (Å²) in [7, 11) is 0. The topological polar surface area (TPSA) is 86.3 Å². The second-order valence-corrected chi connectivity index (χ2v) is 3.12. The molecule has 2 saturated heterocycles. The number of carbonyl (C=O) groups excluding carboxylic acids is 2. The Hall–Kier alpha value is -1.22. The Balaban J connectivity index is 2.12. The van der Waals surface area contributed by atoms with Gasteiger partial charge in [-0.15, -0.1) is 0 Å². The van der Waals surface area contributed by atoms with Crippen LogP contribution in [-0.4, -0.2) is 35.9 Å². The zero-order chi connectivity index (χ0) is 10.8. The molecule has 2 bridgehead atoms. The maximum Gasteiger partial charge on any atom is 0.322 e. The molecule has 2 unspecified atom stereocenters. The lowest BCUT2D eigenvalue weighted by Gasteiger charge is -2.33. The van der Waals surface area contributed by atoms with Gasteiger partial charge in [-0.3, -0.25) is 9.59 Å². The summed E-state index contributed by atoms with van der Waals surface area (Å²) in [5, 5.41) is 8.07. The summed E-state index contributed by atoms with van der Waals surface area (Å²) >= 11 is 0. The van der Waals surface area contributed by atoms with Crippen LogP contribution in [0.4, 0.5) is 0 Å². The normalized spacial score (nSPS) is 31.7. The number of fused-ring (bicyclic) bond motifs is 2. The van der Waals surface area contributed by atoms with Crippen LogP contribution in [0.3, 0.4) is 0 Å². The van der Waals surface area contributed by atoms with Crippen LogP contribution in [0.1, 0.15) is 13.3 Å². The number of hydrogen-bond donors (Lipinski definition) is 1. The van der Waals surface area contributed by atoms with Crippen LogP contribution in [0.25, 0.3) is 0 Å². The third-order valence-electron chi connectivity index (χ3n) is 1.94. The van der Waals surface area contributed by atoms with Gasteiger partial charge in [0.05, 0.1) is 13.0 Å². The fourth-order valence-electron chi connectivity index (χ4n) is 1.33. The second kappa shape index (κ2) is 4.11. The largest absolute Gasteiger partial charge is 0.363 e. The van der Waals surface area contributed by atoms with Crippen LogP contribution in [0, 0.1) is 0 Å². The number of nitrogens with one attached hydrogen (secondary N) is 1. The first-order chi connectivity index (χ1) is 7.16. The molecule has 2 aliphatic rings. The highest BCUT2D eigenvalue weighted by Crippen LogP contribution is 2.21. The monoisotopic (exact) mass is 218 g/mol. The molecule has 2 atom stereocenters. The van der Waals surface area contributed by atoms with Crippen LogP contribution in [0.2, 0.25) is 0 Å². The lowest BCUT2D eigenvalue weighted by Crippen LogP contribution is -2.51. The van der Waals surface area contributed by atoms with Crippen LogP contribution in [-0.2, 0) is 29.2 Å². The minimum atomic E-state index is -0.782. The first-order valence-electron chi connectivity index (χ1n) is 4.39. The highest BCUT2D eigenvalue weighted by molar-refractivity contribution is 5.76. The average Bonchev–Trinajstić information content (AvgIpc) is 2.27. The third kappa shape index (κ3) is 2.23. The summed E-state index contributed by atoms with van der Waals surface area (Å²) in [6.07, 6.45) is -1.47. The maximum absolute atomic E-state index is 11.2. The minimum Gasteiger partial charge on any atom is -0.363 e. The summed E-state index contributed by atoms with van der Waals surface area (Å²) in [6, 6.07) is 0. The van der Waals surface area contributed by atoms with Crippen LogP contribution in [0.15, 0.2) is 0 Å². The van der Waals surface area contributed by atoms with Crippen molar-refractivity contribution in [3.05, 3.63) is 0 Å². The standard InChI is InChI=1S/C7H10N2O6/c1-4(10)12-9-6-2-5(11)8-3-7(9)14-15-13-6/h6-7H,2-3H2,1H3,(H,8,11). The maximum atomic E-state index is 11.2. The predicted molar refractivity (Wildman–Crippen MR) is 42.1 cm³/mol. The molecule has 2 heterocycles. The highest BCUT2D eigenvalue weighted by Gasteiger charge is 2.41. The molecule has 1 amide bonds. The van der Waals surface area contributed by atoms with Crippen molar-refractivity contribution in [1.82, 2.24) is 10.4 Å². The first-order valence-corrected chi connectivity index (χ1v) is 4.39. The third-order valence-corrected chi connectivity index (χ3v) is 1.94. The van der Waals surface area contributed by atoms with Crippen molar-refractivity contribution in [1.29, 1.82) is 0 Å². The number of amides is 1. The number of hydrogen-bond acceptors (Lipinski definition) is 7. The molecule has 84 valence electrons. The van der Waals surface area contributed by atoms with E-state index in [1.807, 2.05) is 0 Å². The van der Waals surface area contributed by atoms with E-state index in [1.54, 1.807) is 0 Å². The van der Waals surface area contributed by atoms with Gasteiger partial charge in [0.25, 0.3) is 0 Å². The Morgan fingerprint density at radius 1 is 1.53 bits per heavy atom. The van der Waals surface area contributed by atoms with Crippen LogP contribution >= 0.6 is 0 Å². The van der Waals surface area contributed by atoms with E-state index >= 15 is 0 Å². The van der Waals surface area contributed by atoms with E-state index < -0.39 is 18.4 Å². The fraction of sp³-hybridized carbons (Fsp3) is 0.714. The molecule has 8 heteroatoms. The zero-order valence-electron chi connectivity index (χ0n) is 7.97. The number of nitrogens with zero attached hydrogens (tertiary/aromatic N) is 1. The fourth-order valence-corrected chi connectivity index (χ4v) is 1.33. The summed E-state index contributed by atoms with van der Waals surface area (Å²) < 4.78 is 0. The van der Waals surface area contributed by atoms with E-state index in [9.17, 15) is 9.59 Å². The van der Waals surface area contributed by atoms with E-state index in [0.717, 1.165) is 5.06 Å². The van der Waals surface area contributed by atoms with Gasteiger partial charge in [0, 0.05) is 6.92 Å². The molecule has 2 aliphatic heterocycles. The molecule has 0 aromatic rings. The number of hydroxylamine groups is 2. The van der Waals surface area contributed by atoms with E-state index in [2.05, 4.69) is 15.2 Å². The molecule has 2 rings (SSSR count). The number of rotatable bonds is 1. The SMILES string of the molecule is CC(=O)ON1C2CNC(=O)CC1OOO2. The Bertz CT molecular complexity index is 283. The molecule has 15 heavy (non-hydrogen) atoms. The summed E-state index contributed by atoms with van der Waals surface area (Å²) in [6.45, 7) is 1.41. The summed E-state index contributed by atoms with van der Waals surface area (Å²) in [5.74, 6) is -0.748. The Morgan fingerprint density at radius 3 is 3.00 bits per heavy atom. The van der Waals surface area contributed by atoms with Gasteiger partial charge in [-0.25, -0.2) is 0 Å². The number of carbonyl (C=O) groups is 2. The van der Waals surface area contributed by atoms with Crippen molar-refractivity contribution >= 4 is 11.9 Å². The Kier molecular flexibility index (Phi) is 2.82. The van der Waals surface area contributed by atoms with Crippen molar-refractivity contribution in [3.63, 3.8) is 0 Å². The van der Waals surface area contributed by atoms with Gasteiger partial charge in [-0.2, -0.15) is 9.78 Å². The lowest BCUT2D eigenvalue weighted by atomic mass is 10.3. The van der Waals surface area contributed by atoms with Gasteiger partial charge in [0.2, 0.25) is 12.1 Å². The van der Waals surface area contributed by atoms with Gasteiger partial charge in [0.1, 0.15) is 0 Å². The van der Waals surface area contributed by atoms with Crippen molar-refractivity contribution < 1.29 is 29.2 Å². The van der Waals surface area contributed by atoms with Crippen LogP contribution < -0.4 is 5.32 Å². The minimum absolute atomic E-state index is 0.00708. The van der Waals surface area contributed by atoms with Crippen molar-refractivity contribution in [2.24, 2.45) is 0 Å². The predicted octanol–water partition coefficient (Wildman–Crippen LogP) is -1.17. The van der Waals surface area contributed by atoms with Crippen LogP contribution in [0.5, 0.6) is 0 Å². The van der Waals surface area contributed by atoms with Crippen molar-refractivity contribution in [3.8, 4) is 0 Å². The smallest absolute Gasteiger partial charge is 0.322 e. The van der Waals surface area contributed by atoms with E-state index in [4.69, 9.17) is 9.73 Å². The molecule has 0 aromatic carbocycles. The van der Waals surface area contributed by atoms with Gasteiger partial charge in [-0.05, 0) is 0 Å². The molecule has 0 radical (unpaired) electrons. The van der Waals surface area contributed by atoms with E-state index in [0.29, 0.717) is 0 Å². The quantitative estimate of drug-likeness (QED) is 0.555. The molecular formula is C7H10N2O6. The lowest BCUT2D eigenvalue weighted by molar-refractivity contribution is -0.617. The van der Waals surface area contributed by atoms with Gasteiger partial charge in [-0.1, -0.05) is 10.1 Å². The summed E-state index contributed by atoms with van der Waals surface area (Å²) in [4.78, 5) is 36.2. The molecule has 1 N–H and O–H groups in total. The van der Waals surface area contributed by atoms with Gasteiger partial charge in [0.15, 0.2) is 6.23 Å². The molecule has 8 nitrogen and oxygen atoms in total. The molecule has 0 aromatic heterocycles. The summed E-state index contributed by atoms with van der Waals surface area (Å²) in [5.41, 5.74) is 0. The average molecular weight is 218 g/mol. The first kappa shape index (κ1) is 10.3. The van der Waals surface area contributed by atoms with Gasteiger partial charge < -0.3 is 10.2 Å². The van der Waals surface area contributed by atoms with E-state index in [1.165, 1.54) is 6.92 Å². The highest BCUT2D eigenvalue weighted by atomic mass is 17.5. The molecule has 2 fully saturated rings. The Labute approximate surface area is 84.8 Å². The molecular weight excluding hydrogens is 208 g/mol. The van der Waals surface area contributed by atoms with Crippen molar-refractivity contribution in [2.75, 3.05) is 6.54 Å². The Morgan fingerprint density at radius 2 is 2.27 bits per heavy atom. The van der Waals surface area contributed by atoms with E-state index in [-0.39, 0.29) is 18.9 Å². The molecule has 0 aliphatic carbocycles. The second-order valence-electron chi connectivity index (χ2n) is 3.12. The van der Waals surface area contributed by atoms with Gasteiger partial charge >= 0.3 is 5.97 Å².